The number of hydrogen-bond donors (Lipinski definition) is 3. The van der Waals surface area contributed by atoms with Crippen molar-refractivity contribution in [3.63, 3.8) is 0 Å². The summed E-state index contributed by atoms with van der Waals surface area (Å²) in [5.41, 5.74) is 9.27. The molecule has 3 aromatic rings. The van der Waals surface area contributed by atoms with Crippen LogP contribution in [0.1, 0.15) is 35.7 Å². The van der Waals surface area contributed by atoms with Crippen LogP contribution in [0.25, 0.3) is 0 Å². The highest BCUT2D eigenvalue weighted by molar-refractivity contribution is 6.91. The van der Waals surface area contributed by atoms with Gasteiger partial charge < -0.3 is 25.6 Å². The highest BCUT2D eigenvalue weighted by Crippen LogP contribution is 2.46. The second kappa shape index (κ2) is 12.2. The molecule has 4 N–H and O–H groups in total. The molecule has 0 aliphatic carbocycles. The lowest BCUT2D eigenvalue weighted by Gasteiger charge is -2.36. The largest absolute Gasteiger partial charge is 0.497 e. The number of carbonyl (C=O) groups excluding carboxylic acids is 1. The van der Waals surface area contributed by atoms with E-state index < -0.39 is 8.07 Å². The fourth-order valence-electron chi connectivity index (χ4n) is 5.99. The van der Waals surface area contributed by atoms with Crippen LogP contribution in [0.4, 0.5) is 11.4 Å². The molecule has 4 rings (SSSR count). The third-order valence-corrected chi connectivity index (χ3v) is 12.4. The molecule has 0 saturated carbocycles. The van der Waals surface area contributed by atoms with E-state index in [0.29, 0.717) is 29.1 Å². The summed E-state index contributed by atoms with van der Waals surface area (Å²) in [6.07, 6.45) is 2.57. The number of aliphatic hydroxyl groups is 1. The maximum absolute atomic E-state index is 12.6. The molecule has 38 heavy (non-hydrogen) atoms. The molecule has 0 aromatic heterocycles. The number of carbonyl (C=O) groups is 1. The molecular weight excluding hydrogens is 492 g/mol. The number of nitrogens with two attached hydrogens (primary N) is 1. The highest BCUT2D eigenvalue weighted by atomic mass is 28.3. The molecule has 0 bridgehead atoms. The molecule has 6 nitrogen and oxygen atoms in total. The van der Waals surface area contributed by atoms with Crippen molar-refractivity contribution in [3.05, 3.63) is 83.9 Å². The highest BCUT2D eigenvalue weighted by Gasteiger charge is 2.50. The van der Waals surface area contributed by atoms with Crippen molar-refractivity contribution in [2.45, 2.75) is 57.0 Å². The summed E-state index contributed by atoms with van der Waals surface area (Å²) in [5, 5.41) is 14.2. The summed E-state index contributed by atoms with van der Waals surface area (Å²) in [4.78, 5) is 12.6. The van der Waals surface area contributed by atoms with Crippen LogP contribution >= 0.6 is 0 Å². The number of benzene rings is 3. The van der Waals surface area contributed by atoms with Gasteiger partial charge in [-0.25, -0.2) is 0 Å². The van der Waals surface area contributed by atoms with Gasteiger partial charge in [-0.15, -0.1) is 0 Å². The van der Waals surface area contributed by atoms with Gasteiger partial charge in [-0.2, -0.15) is 0 Å². The lowest BCUT2D eigenvalue weighted by atomic mass is 9.95. The number of nitrogens with one attached hydrogen (secondary N) is 1. The Morgan fingerprint density at radius 3 is 2.39 bits per heavy atom. The molecule has 1 amide bonds. The van der Waals surface area contributed by atoms with E-state index in [4.69, 9.17) is 15.2 Å². The first-order valence-electron chi connectivity index (χ1n) is 13.4. The Kier molecular flexibility index (Phi) is 8.92. The number of anilines is 2. The van der Waals surface area contributed by atoms with E-state index in [2.05, 4.69) is 43.5 Å². The molecule has 1 aliphatic heterocycles. The average molecular weight is 533 g/mol. The fourth-order valence-corrected chi connectivity index (χ4v) is 10.1. The summed E-state index contributed by atoms with van der Waals surface area (Å²) >= 11 is 0. The lowest BCUT2D eigenvalue weighted by Crippen LogP contribution is -2.50. The zero-order valence-corrected chi connectivity index (χ0v) is 23.8. The Bertz CT molecular complexity index is 1210. The first-order chi connectivity index (χ1) is 18.2. The van der Waals surface area contributed by atoms with Crippen molar-refractivity contribution >= 4 is 30.5 Å². The third kappa shape index (κ3) is 6.29. The number of amides is 1. The topological polar surface area (TPSA) is 93.8 Å². The zero-order chi connectivity index (χ0) is 27.3. The number of hydrogen-bond acceptors (Lipinski definition) is 5. The van der Waals surface area contributed by atoms with Crippen LogP contribution in [0.5, 0.6) is 5.75 Å². The van der Waals surface area contributed by atoms with Crippen molar-refractivity contribution in [1.82, 2.24) is 0 Å². The molecule has 0 spiro atoms. The zero-order valence-electron chi connectivity index (χ0n) is 22.8. The van der Waals surface area contributed by atoms with Crippen molar-refractivity contribution in [2.75, 3.05) is 24.8 Å². The second-order valence-corrected chi connectivity index (χ2v) is 15.6. The summed E-state index contributed by atoms with van der Waals surface area (Å²) in [6.45, 7) is 7.27. The van der Waals surface area contributed by atoms with Gasteiger partial charge in [0, 0.05) is 23.5 Å². The summed E-state index contributed by atoms with van der Waals surface area (Å²) in [7, 11) is -0.215. The summed E-state index contributed by atoms with van der Waals surface area (Å²) in [6, 6.07) is 23.4. The number of methoxy groups -OCH3 is 1. The van der Waals surface area contributed by atoms with Crippen LogP contribution in [-0.2, 0) is 11.2 Å². The molecule has 0 unspecified atom stereocenters. The molecule has 0 radical (unpaired) electrons. The van der Waals surface area contributed by atoms with E-state index in [-0.39, 0.29) is 24.7 Å². The van der Waals surface area contributed by atoms with Gasteiger partial charge in [-0.3, -0.25) is 4.79 Å². The minimum Gasteiger partial charge on any atom is -0.497 e. The second-order valence-electron chi connectivity index (χ2n) is 10.9. The van der Waals surface area contributed by atoms with Crippen molar-refractivity contribution < 1.29 is 19.4 Å². The van der Waals surface area contributed by atoms with E-state index in [1.807, 2.05) is 30.3 Å². The molecular formula is C31H40N2O4Si. The van der Waals surface area contributed by atoms with Crippen LogP contribution in [0, 0.1) is 5.92 Å². The normalized spacial score (nSPS) is 21.3. The number of aliphatic hydroxyl groups excluding tert-OH is 1. The maximum Gasteiger partial charge on any atom is 0.255 e. The van der Waals surface area contributed by atoms with E-state index in [0.717, 1.165) is 29.8 Å². The maximum atomic E-state index is 12.6. The Balaban J connectivity index is 1.43. The number of aryl methyl sites for hydroxylation is 1. The minimum atomic E-state index is -1.91. The van der Waals surface area contributed by atoms with Gasteiger partial charge in [-0.1, -0.05) is 49.5 Å². The van der Waals surface area contributed by atoms with Gasteiger partial charge in [0.15, 0.2) is 0 Å². The molecule has 7 heteroatoms. The Hall–Kier alpha value is -3.13. The standard InChI is InChI=1S/C31H40N2O4Si/c1-21-28(37-29(18-19-34)30(21)38(3,4)27-15-13-26(36-2)14-16-27)17-8-22-6-5-7-25(20-22)33-31(35)23-9-11-24(32)12-10-23/h5-7,9-16,20-21,28-30,34H,8,17-19,32H2,1-4H3,(H,33,35)/t21-,28+,29-,30+/m0/s1. The van der Waals surface area contributed by atoms with Crippen LogP contribution in [0.3, 0.4) is 0 Å². The van der Waals surface area contributed by atoms with Crippen LogP contribution in [-0.4, -0.2) is 45.0 Å². The van der Waals surface area contributed by atoms with Crippen molar-refractivity contribution in [1.29, 1.82) is 0 Å². The monoisotopic (exact) mass is 532 g/mol. The lowest BCUT2D eigenvalue weighted by molar-refractivity contribution is 0.0196. The van der Waals surface area contributed by atoms with E-state index >= 15 is 0 Å². The van der Waals surface area contributed by atoms with E-state index in [1.54, 1.807) is 31.4 Å². The van der Waals surface area contributed by atoms with Gasteiger partial charge in [-0.05, 0) is 84.8 Å². The van der Waals surface area contributed by atoms with Gasteiger partial charge >= 0.3 is 0 Å². The van der Waals surface area contributed by atoms with Gasteiger partial charge in [0.25, 0.3) is 5.91 Å². The molecule has 1 heterocycles. The number of nitrogen functional groups attached to an aromatic ring is 1. The van der Waals surface area contributed by atoms with Gasteiger partial charge in [0.1, 0.15) is 5.75 Å². The van der Waals surface area contributed by atoms with Crippen LogP contribution in [0.2, 0.25) is 18.6 Å². The van der Waals surface area contributed by atoms with Gasteiger partial charge in [0.05, 0.1) is 27.4 Å². The summed E-state index contributed by atoms with van der Waals surface area (Å²) in [5.74, 6) is 1.09. The molecule has 202 valence electrons. The first kappa shape index (κ1) is 27.9. The van der Waals surface area contributed by atoms with Crippen molar-refractivity contribution in [2.24, 2.45) is 5.92 Å². The van der Waals surface area contributed by atoms with Gasteiger partial charge in [0.2, 0.25) is 0 Å². The Labute approximate surface area is 227 Å². The average Bonchev–Trinajstić information content (AvgIpc) is 3.23. The van der Waals surface area contributed by atoms with E-state index in [1.165, 1.54) is 5.19 Å². The molecule has 1 aliphatic rings. The van der Waals surface area contributed by atoms with E-state index in [9.17, 15) is 9.90 Å². The summed E-state index contributed by atoms with van der Waals surface area (Å²) < 4.78 is 12.0. The quantitative estimate of drug-likeness (QED) is 0.245. The first-order valence-corrected chi connectivity index (χ1v) is 16.5. The predicted molar refractivity (Wildman–Crippen MR) is 157 cm³/mol. The van der Waals surface area contributed by atoms with Crippen molar-refractivity contribution in [3.8, 4) is 5.75 Å². The number of ether oxygens (including phenoxy) is 2. The van der Waals surface area contributed by atoms with Crippen LogP contribution < -0.4 is 21.0 Å². The van der Waals surface area contributed by atoms with Crippen LogP contribution in [0.15, 0.2) is 72.8 Å². The minimum absolute atomic E-state index is 0.0503. The molecule has 3 aromatic carbocycles. The fraction of sp³-hybridized carbons (Fsp3) is 0.387. The molecule has 1 fully saturated rings. The third-order valence-electron chi connectivity index (χ3n) is 8.06. The Morgan fingerprint density at radius 1 is 1.03 bits per heavy atom. The number of rotatable bonds is 10. The Morgan fingerprint density at radius 2 is 1.74 bits per heavy atom. The SMILES string of the molecule is COc1ccc([Si](C)(C)[C@@H]2[C@@H](C)[C@@H](CCc3cccc(NC(=O)c4ccc(N)cc4)c3)O[C@H]2CCO)cc1. The predicted octanol–water partition coefficient (Wildman–Crippen LogP) is 5.23. The molecule has 1 saturated heterocycles. The molecule has 4 atom stereocenters. The smallest absolute Gasteiger partial charge is 0.255 e.